The van der Waals surface area contributed by atoms with E-state index in [-0.39, 0.29) is 0 Å². The Balaban J connectivity index is 2.23. The van der Waals surface area contributed by atoms with Crippen LogP contribution in [0, 0.1) is 5.92 Å². The lowest BCUT2D eigenvalue weighted by Gasteiger charge is -2.29. The summed E-state index contributed by atoms with van der Waals surface area (Å²) < 4.78 is 0. The standard InChI is InChI=1S/C9H17N/c1-3-9-5-7-10(4-2)8-6-9/h3,9H,1,4-8H2,2H3. The largest absolute Gasteiger partial charge is 0.304 e. The molecule has 1 nitrogen and oxygen atoms in total. The SMILES string of the molecule is C=CC1CCN(CC)CC1. The van der Waals surface area contributed by atoms with Gasteiger partial charge in [-0.25, -0.2) is 0 Å². The third-order valence-corrected chi connectivity index (χ3v) is 2.41. The van der Waals surface area contributed by atoms with Gasteiger partial charge >= 0.3 is 0 Å². The lowest BCUT2D eigenvalue weighted by Crippen LogP contribution is -2.32. The monoisotopic (exact) mass is 139 g/mol. The highest BCUT2D eigenvalue weighted by Crippen LogP contribution is 2.16. The summed E-state index contributed by atoms with van der Waals surface area (Å²) in [4.78, 5) is 2.50. The molecule has 0 aromatic rings. The van der Waals surface area contributed by atoms with Crippen molar-refractivity contribution in [1.29, 1.82) is 0 Å². The molecule has 10 heavy (non-hydrogen) atoms. The van der Waals surface area contributed by atoms with E-state index in [2.05, 4.69) is 24.5 Å². The zero-order chi connectivity index (χ0) is 7.40. The molecule has 1 aliphatic heterocycles. The third kappa shape index (κ3) is 1.84. The summed E-state index contributed by atoms with van der Waals surface area (Å²) in [6, 6.07) is 0. The normalized spacial score (nSPS) is 22.9. The Bertz CT molecular complexity index is 101. The van der Waals surface area contributed by atoms with Crippen LogP contribution in [0.3, 0.4) is 0 Å². The van der Waals surface area contributed by atoms with Crippen molar-refractivity contribution < 1.29 is 0 Å². The zero-order valence-corrected chi connectivity index (χ0v) is 6.84. The van der Waals surface area contributed by atoms with Gasteiger partial charge in [-0.05, 0) is 38.4 Å². The van der Waals surface area contributed by atoms with Gasteiger partial charge in [0.15, 0.2) is 0 Å². The second kappa shape index (κ2) is 3.77. The Morgan fingerprint density at radius 3 is 2.50 bits per heavy atom. The molecule has 0 spiro atoms. The number of likely N-dealkylation sites (tertiary alicyclic amines) is 1. The maximum Gasteiger partial charge on any atom is -0.00132 e. The summed E-state index contributed by atoms with van der Waals surface area (Å²) >= 11 is 0. The van der Waals surface area contributed by atoms with Gasteiger partial charge in [0, 0.05) is 0 Å². The Kier molecular flexibility index (Phi) is 2.94. The lowest BCUT2D eigenvalue weighted by molar-refractivity contribution is 0.213. The predicted molar refractivity (Wildman–Crippen MR) is 45.0 cm³/mol. The molecule has 1 fully saturated rings. The molecule has 0 saturated carbocycles. The van der Waals surface area contributed by atoms with E-state index in [1.165, 1.54) is 32.5 Å². The molecule has 0 unspecified atom stereocenters. The van der Waals surface area contributed by atoms with Crippen molar-refractivity contribution in [3.05, 3.63) is 12.7 Å². The summed E-state index contributed by atoms with van der Waals surface area (Å²) in [6.07, 6.45) is 4.74. The third-order valence-electron chi connectivity index (χ3n) is 2.41. The predicted octanol–water partition coefficient (Wildman–Crippen LogP) is 1.90. The fraction of sp³-hybridized carbons (Fsp3) is 0.778. The van der Waals surface area contributed by atoms with E-state index in [9.17, 15) is 0 Å². The lowest BCUT2D eigenvalue weighted by atomic mass is 9.97. The minimum atomic E-state index is 0.794. The number of hydrogen-bond acceptors (Lipinski definition) is 1. The summed E-state index contributed by atoms with van der Waals surface area (Å²) in [5, 5.41) is 0. The molecule has 0 amide bonds. The van der Waals surface area contributed by atoms with Gasteiger partial charge in [0.25, 0.3) is 0 Å². The van der Waals surface area contributed by atoms with Gasteiger partial charge in [-0.15, -0.1) is 6.58 Å². The topological polar surface area (TPSA) is 3.24 Å². The second-order valence-corrected chi connectivity index (χ2v) is 3.01. The highest BCUT2D eigenvalue weighted by molar-refractivity contribution is 4.83. The van der Waals surface area contributed by atoms with Gasteiger partial charge in [0.2, 0.25) is 0 Å². The molecule has 58 valence electrons. The Morgan fingerprint density at radius 1 is 1.50 bits per heavy atom. The van der Waals surface area contributed by atoms with Crippen LogP contribution in [0.2, 0.25) is 0 Å². The molecule has 1 heteroatoms. The van der Waals surface area contributed by atoms with E-state index in [4.69, 9.17) is 0 Å². The molecular formula is C9H17N. The van der Waals surface area contributed by atoms with Crippen LogP contribution in [0.15, 0.2) is 12.7 Å². The van der Waals surface area contributed by atoms with Crippen molar-refractivity contribution in [1.82, 2.24) is 4.90 Å². The summed E-state index contributed by atoms with van der Waals surface area (Å²) in [5.74, 6) is 0.794. The van der Waals surface area contributed by atoms with Crippen molar-refractivity contribution in [3.8, 4) is 0 Å². The first kappa shape index (κ1) is 7.80. The first-order valence-electron chi connectivity index (χ1n) is 4.21. The smallest absolute Gasteiger partial charge is 0.00132 e. The van der Waals surface area contributed by atoms with Gasteiger partial charge in [-0.3, -0.25) is 0 Å². The molecule has 1 heterocycles. The molecule has 0 N–H and O–H groups in total. The van der Waals surface area contributed by atoms with E-state index < -0.39 is 0 Å². The number of rotatable bonds is 2. The Hall–Kier alpha value is -0.300. The van der Waals surface area contributed by atoms with Crippen LogP contribution in [0.5, 0.6) is 0 Å². The maximum absolute atomic E-state index is 3.82. The van der Waals surface area contributed by atoms with E-state index >= 15 is 0 Å². The van der Waals surface area contributed by atoms with Crippen molar-refractivity contribution in [2.24, 2.45) is 5.92 Å². The molecule has 0 aliphatic carbocycles. The molecular weight excluding hydrogens is 122 g/mol. The number of nitrogens with zero attached hydrogens (tertiary/aromatic N) is 1. The van der Waals surface area contributed by atoms with Crippen molar-refractivity contribution in [2.75, 3.05) is 19.6 Å². The summed E-state index contributed by atoms with van der Waals surface area (Å²) in [5.41, 5.74) is 0. The number of hydrogen-bond donors (Lipinski definition) is 0. The van der Waals surface area contributed by atoms with Crippen molar-refractivity contribution in [3.63, 3.8) is 0 Å². The molecule has 0 radical (unpaired) electrons. The zero-order valence-electron chi connectivity index (χ0n) is 6.84. The van der Waals surface area contributed by atoms with Gasteiger partial charge in [0.05, 0.1) is 0 Å². The molecule has 0 aromatic heterocycles. The Morgan fingerprint density at radius 2 is 2.10 bits per heavy atom. The van der Waals surface area contributed by atoms with Crippen molar-refractivity contribution >= 4 is 0 Å². The van der Waals surface area contributed by atoms with Crippen LogP contribution in [0.1, 0.15) is 19.8 Å². The van der Waals surface area contributed by atoms with Gasteiger partial charge in [-0.2, -0.15) is 0 Å². The average Bonchev–Trinajstić information content (AvgIpc) is 2.05. The summed E-state index contributed by atoms with van der Waals surface area (Å²) in [6.45, 7) is 9.80. The number of piperidine rings is 1. The molecule has 1 aliphatic rings. The Labute approximate surface area is 63.7 Å². The molecule has 1 rings (SSSR count). The van der Waals surface area contributed by atoms with Crippen LogP contribution < -0.4 is 0 Å². The van der Waals surface area contributed by atoms with Crippen molar-refractivity contribution in [2.45, 2.75) is 19.8 Å². The second-order valence-electron chi connectivity index (χ2n) is 3.01. The first-order valence-corrected chi connectivity index (χ1v) is 4.21. The molecule has 0 bridgehead atoms. The average molecular weight is 139 g/mol. The summed E-state index contributed by atoms with van der Waals surface area (Å²) in [7, 11) is 0. The molecule has 0 aromatic carbocycles. The quantitative estimate of drug-likeness (QED) is 0.528. The molecule has 0 atom stereocenters. The molecule has 1 saturated heterocycles. The highest BCUT2D eigenvalue weighted by Gasteiger charge is 2.14. The maximum atomic E-state index is 3.82. The minimum absolute atomic E-state index is 0.794. The fourth-order valence-electron chi connectivity index (χ4n) is 1.50. The fourth-order valence-corrected chi connectivity index (χ4v) is 1.50. The van der Waals surface area contributed by atoms with Crippen LogP contribution in [-0.2, 0) is 0 Å². The van der Waals surface area contributed by atoms with Crippen LogP contribution in [0.25, 0.3) is 0 Å². The van der Waals surface area contributed by atoms with Gasteiger partial charge < -0.3 is 4.90 Å². The van der Waals surface area contributed by atoms with E-state index in [1.54, 1.807) is 0 Å². The van der Waals surface area contributed by atoms with E-state index in [0.29, 0.717) is 0 Å². The number of allylic oxidation sites excluding steroid dienone is 1. The van der Waals surface area contributed by atoms with Crippen LogP contribution >= 0.6 is 0 Å². The van der Waals surface area contributed by atoms with Gasteiger partial charge in [-0.1, -0.05) is 13.0 Å². The first-order chi connectivity index (χ1) is 4.86. The minimum Gasteiger partial charge on any atom is -0.304 e. The van der Waals surface area contributed by atoms with E-state index in [0.717, 1.165) is 5.92 Å². The highest BCUT2D eigenvalue weighted by atomic mass is 15.1. The van der Waals surface area contributed by atoms with E-state index in [1.807, 2.05) is 0 Å². The van der Waals surface area contributed by atoms with Crippen LogP contribution in [0.4, 0.5) is 0 Å². The van der Waals surface area contributed by atoms with Gasteiger partial charge in [0.1, 0.15) is 0 Å². The van der Waals surface area contributed by atoms with Crippen LogP contribution in [-0.4, -0.2) is 24.5 Å².